The topological polar surface area (TPSA) is 81.6 Å². The number of nitrogens with zero attached hydrogens (tertiary/aromatic N) is 4. The molecule has 3 rings (SSSR count). The number of anilines is 1. The van der Waals surface area contributed by atoms with Gasteiger partial charge in [0.05, 0.1) is 12.7 Å². The molecule has 0 saturated carbocycles. The number of benzene rings is 1. The highest BCUT2D eigenvalue weighted by atomic mass is 19.1. The Labute approximate surface area is 112 Å². The molecular weight excluding hydrogens is 266 g/mol. The minimum absolute atomic E-state index is 0.119. The third-order valence-electron chi connectivity index (χ3n) is 2.76. The summed E-state index contributed by atoms with van der Waals surface area (Å²) in [6.45, 7) is 0.154. The van der Waals surface area contributed by atoms with Gasteiger partial charge in [-0.15, -0.1) is 0 Å². The average molecular weight is 276 g/mol. The molecule has 0 fully saturated rings. The molecule has 6 nitrogen and oxygen atoms in total. The Bertz CT molecular complexity index is 770. The zero-order valence-corrected chi connectivity index (χ0v) is 10.2. The molecule has 0 radical (unpaired) electrons. The Balaban J connectivity index is 1.85. The number of rotatable bonds is 3. The van der Waals surface area contributed by atoms with Crippen LogP contribution in [0.25, 0.3) is 11.2 Å². The van der Waals surface area contributed by atoms with Crippen molar-refractivity contribution >= 4 is 17.1 Å². The Morgan fingerprint density at radius 1 is 1.25 bits per heavy atom. The summed E-state index contributed by atoms with van der Waals surface area (Å²) < 4.78 is 27.8. The van der Waals surface area contributed by atoms with E-state index in [0.717, 1.165) is 6.07 Å². The lowest BCUT2D eigenvalue weighted by molar-refractivity contribution is 0.572. The van der Waals surface area contributed by atoms with Crippen LogP contribution in [-0.4, -0.2) is 19.6 Å². The van der Waals surface area contributed by atoms with Gasteiger partial charge in [0, 0.05) is 11.6 Å². The summed E-state index contributed by atoms with van der Waals surface area (Å²) in [6.07, 6.45) is 2.98. The van der Waals surface area contributed by atoms with E-state index in [-0.39, 0.29) is 12.5 Å². The number of hydrogen-bond acceptors (Lipinski definition) is 5. The third kappa shape index (κ3) is 2.22. The van der Waals surface area contributed by atoms with Crippen molar-refractivity contribution in [3.63, 3.8) is 0 Å². The monoisotopic (exact) mass is 276 g/mol. The molecule has 0 bridgehead atoms. The quantitative estimate of drug-likeness (QED) is 0.756. The minimum atomic E-state index is -0.615. The van der Waals surface area contributed by atoms with Crippen LogP contribution in [0.2, 0.25) is 0 Å². The van der Waals surface area contributed by atoms with Crippen LogP contribution >= 0.6 is 0 Å². The zero-order chi connectivity index (χ0) is 14.1. The van der Waals surface area contributed by atoms with Crippen molar-refractivity contribution in [3.05, 3.63) is 47.9 Å². The first-order valence-corrected chi connectivity index (χ1v) is 5.77. The van der Waals surface area contributed by atoms with Gasteiger partial charge in [-0.3, -0.25) is 0 Å². The first-order chi connectivity index (χ1) is 9.63. The van der Waals surface area contributed by atoms with Gasteiger partial charge in [-0.1, -0.05) is 6.07 Å². The van der Waals surface area contributed by atoms with Gasteiger partial charge >= 0.3 is 0 Å². The summed E-state index contributed by atoms with van der Waals surface area (Å²) in [5.41, 5.74) is 9.80. The van der Waals surface area contributed by atoms with Crippen LogP contribution in [0.5, 0.6) is 0 Å². The van der Waals surface area contributed by atoms with Crippen LogP contribution in [0.4, 0.5) is 14.7 Å². The van der Waals surface area contributed by atoms with Gasteiger partial charge in [0.25, 0.3) is 0 Å². The molecule has 0 aliphatic carbocycles. The maximum atomic E-state index is 13.5. The molecule has 8 heteroatoms. The number of nitrogen functional groups attached to an aromatic ring is 1. The molecule has 20 heavy (non-hydrogen) atoms. The Hall–Kier alpha value is -2.77. The van der Waals surface area contributed by atoms with E-state index < -0.39 is 11.6 Å². The molecule has 102 valence electrons. The second-order valence-corrected chi connectivity index (χ2v) is 4.12. The van der Waals surface area contributed by atoms with Gasteiger partial charge in [-0.25, -0.2) is 23.4 Å². The van der Waals surface area contributed by atoms with Gasteiger partial charge in [-0.2, -0.15) is 4.98 Å². The van der Waals surface area contributed by atoms with Crippen molar-refractivity contribution in [1.29, 1.82) is 0 Å². The molecule has 3 N–H and O–H groups in total. The predicted octanol–water partition coefficient (Wildman–Crippen LogP) is 1.43. The van der Waals surface area contributed by atoms with Gasteiger partial charge in [0.1, 0.15) is 23.5 Å². The standard InChI is InChI=1S/C12H10F2N6/c13-8-2-1-7(9(14)3-8)4-18-20-6-17-10-5-16-12(15)19-11(10)20/h1-3,5-6,18H,4H2,(H2,15,16,19). The largest absolute Gasteiger partial charge is 0.368 e. The van der Waals surface area contributed by atoms with E-state index in [9.17, 15) is 8.78 Å². The van der Waals surface area contributed by atoms with E-state index in [1.807, 2.05) is 0 Å². The molecule has 0 spiro atoms. The number of hydrogen-bond donors (Lipinski definition) is 2. The van der Waals surface area contributed by atoms with Gasteiger partial charge in [0.2, 0.25) is 5.95 Å². The predicted molar refractivity (Wildman–Crippen MR) is 69.2 cm³/mol. The molecule has 0 aliphatic rings. The maximum Gasteiger partial charge on any atom is 0.222 e. The van der Waals surface area contributed by atoms with E-state index in [1.165, 1.54) is 29.3 Å². The molecular formula is C12H10F2N6. The average Bonchev–Trinajstić information content (AvgIpc) is 2.80. The van der Waals surface area contributed by atoms with E-state index in [4.69, 9.17) is 5.73 Å². The summed E-state index contributed by atoms with van der Waals surface area (Å²) >= 11 is 0. The molecule has 3 aromatic rings. The highest BCUT2D eigenvalue weighted by Crippen LogP contribution is 2.11. The molecule has 0 aliphatic heterocycles. The van der Waals surface area contributed by atoms with E-state index in [0.29, 0.717) is 16.7 Å². The number of nitrogens with one attached hydrogen (secondary N) is 1. The highest BCUT2D eigenvalue weighted by Gasteiger charge is 2.07. The lowest BCUT2D eigenvalue weighted by atomic mass is 10.2. The smallest absolute Gasteiger partial charge is 0.222 e. The summed E-state index contributed by atoms with van der Waals surface area (Å²) in [7, 11) is 0. The van der Waals surface area contributed by atoms with Crippen LogP contribution in [0.1, 0.15) is 5.56 Å². The zero-order valence-electron chi connectivity index (χ0n) is 10.2. The maximum absolute atomic E-state index is 13.5. The lowest BCUT2D eigenvalue weighted by Crippen LogP contribution is -2.15. The summed E-state index contributed by atoms with van der Waals surface area (Å²) in [5.74, 6) is -1.11. The van der Waals surface area contributed by atoms with Crippen LogP contribution in [0, 0.1) is 11.6 Å². The summed E-state index contributed by atoms with van der Waals surface area (Å²) in [4.78, 5) is 11.9. The van der Waals surface area contributed by atoms with Crippen LogP contribution in [0.3, 0.4) is 0 Å². The van der Waals surface area contributed by atoms with Crippen molar-refractivity contribution in [2.75, 3.05) is 11.2 Å². The van der Waals surface area contributed by atoms with Gasteiger partial charge in [0.15, 0.2) is 5.65 Å². The van der Waals surface area contributed by atoms with Crippen molar-refractivity contribution in [2.45, 2.75) is 6.54 Å². The van der Waals surface area contributed by atoms with Crippen LogP contribution < -0.4 is 11.2 Å². The first-order valence-electron chi connectivity index (χ1n) is 5.77. The van der Waals surface area contributed by atoms with Crippen LogP contribution in [0.15, 0.2) is 30.7 Å². The second kappa shape index (κ2) is 4.72. The summed E-state index contributed by atoms with van der Waals surface area (Å²) in [6, 6.07) is 3.41. The fourth-order valence-corrected chi connectivity index (χ4v) is 1.77. The third-order valence-corrected chi connectivity index (χ3v) is 2.76. The molecule has 0 unspecified atom stereocenters. The fourth-order valence-electron chi connectivity index (χ4n) is 1.77. The van der Waals surface area contributed by atoms with Gasteiger partial charge < -0.3 is 11.2 Å². The number of nitrogens with two attached hydrogens (primary N) is 1. The molecule has 1 aromatic carbocycles. The van der Waals surface area contributed by atoms with E-state index in [2.05, 4.69) is 20.4 Å². The number of fused-ring (bicyclic) bond motifs is 1. The van der Waals surface area contributed by atoms with Crippen molar-refractivity contribution in [3.8, 4) is 0 Å². The second-order valence-electron chi connectivity index (χ2n) is 4.12. The molecule has 2 aromatic heterocycles. The normalized spacial score (nSPS) is 10.9. The Morgan fingerprint density at radius 2 is 2.10 bits per heavy atom. The SMILES string of the molecule is Nc1ncc2ncn(NCc3ccc(F)cc3F)c2n1. The molecule has 0 atom stereocenters. The fraction of sp³-hybridized carbons (Fsp3) is 0.0833. The summed E-state index contributed by atoms with van der Waals surface area (Å²) in [5, 5.41) is 0. The molecule has 0 amide bonds. The first kappa shape index (κ1) is 12.3. The molecule has 2 heterocycles. The van der Waals surface area contributed by atoms with Crippen LogP contribution in [-0.2, 0) is 6.54 Å². The van der Waals surface area contributed by atoms with Crippen molar-refractivity contribution in [1.82, 2.24) is 19.6 Å². The highest BCUT2D eigenvalue weighted by molar-refractivity contribution is 5.70. The van der Waals surface area contributed by atoms with Gasteiger partial charge in [-0.05, 0) is 6.07 Å². The Morgan fingerprint density at radius 3 is 2.90 bits per heavy atom. The lowest BCUT2D eigenvalue weighted by Gasteiger charge is -2.08. The Kier molecular flexibility index (Phi) is 2.90. The number of aromatic nitrogens is 4. The van der Waals surface area contributed by atoms with Crippen molar-refractivity contribution in [2.24, 2.45) is 0 Å². The number of halogens is 2. The minimum Gasteiger partial charge on any atom is -0.368 e. The molecule has 0 saturated heterocycles. The number of imidazole rings is 1. The van der Waals surface area contributed by atoms with Crippen molar-refractivity contribution < 1.29 is 8.78 Å². The van der Waals surface area contributed by atoms with E-state index >= 15 is 0 Å². The van der Waals surface area contributed by atoms with E-state index in [1.54, 1.807) is 0 Å².